The van der Waals surface area contributed by atoms with E-state index >= 15 is 0 Å². The highest BCUT2D eigenvalue weighted by atomic mass is 16.7. The summed E-state index contributed by atoms with van der Waals surface area (Å²) in [5.41, 5.74) is -0.582. The molecule has 23 heavy (non-hydrogen) atoms. The summed E-state index contributed by atoms with van der Waals surface area (Å²) in [5, 5.41) is 0. The Hall–Kier alpha value is -2.67. The summed E-state index contributed by atoms with van der Waals surface area (Å²) < 4.78 is 12.3. The van der Waals surface area contributed by atoms with Crippen LogP contribution in [0.5, 0.6) is 0 Å². The van der Waals surface area contributed by atoms with E-state index in [0.29, 0.717) is 12.0 Å². The number of hydrogen-bond donors (Lipinski definition) is 1. The third-order valence-corrected chi connectivity index (χ3v) is 3.72. The van der Waals surface area contributed by atoms with Crippen molar-refractivity contribution in [2.75, 3.05) is 0 Å². The maximum atomic E-state index is 12.0. The molecule has 0 amide bonds. The molecular formula is C16H16N2O5. The van der Waals surface area contributed by atoms with Gasteiger partial charge in [-0.1, -0.05) is 25.1 Å². The first kappa shape index (κ1) is 15.2. The van der Waals surface area contributed by atoms with Crippen LogP contribution in [0.25, 0.3) is 0 Å². The summed E-state index contributed by atoms with van der Waals surface area (Å²) in [6.45, 7) is 1.89. The fraction of sp³-hybridized carbons (Fsp3) is 0.312. The number of hydrogen-bond acceptors (Lipinski definition) is 5. The van der Waals surface area contributed by atoms with Gasteiger partial charge < -0.3 is 9.47 Å². The molecule has 1 aliphatic heterocycles. The Morgan fingerprint density at radius 3 is 2.70 bits per heavy atom. The lowest BCUT2D eigenvalue weighted by molar-refractivity contribution is -0.124. The van der Waals surface area contributed by atoms with Crippen molar-refractivity contribution >= 4 is 5.97 Å². The van der Waals surface area contributed by atoms with E-state index in [4.69, 9.17) is 9.47 Å². The van der Waals surface area contributed by atoms with E-state index in [1.165, 1.54) is 16.8 Å². The van der Waals surface area contributed by atoms with E-state index in [1.807, 2.05) is 13.0 Å². The van der Waals surface area contributed by atoms with Crippen LogP contribution in [-0.2, 0) is 9.47 Å². The number of benzene rings is 1. The zero-order valence-corrected chi connectivity index (χ0v) is 12.5. The monoisotopic (exact) mass is 316 g/mol. The molecule has 3 rings (SSSR count). The van der Waals surface area contributed by atoms with E-state index in [0.717, 1.165) is 0 Å². The molecule has 120 valence electrons. The van der Waals surface area contributed by atoms with Gasteiger partial charge >= 0.3 is 11.7 Å². The number of carbonyl (C=O) groups excluding carboxylic acids is 1. The summed E-state index contributed by atoms with van der Waals surface area (Å²) in [5.74, 6) is -0.524. The zero-order valence-electron chi connectivity index (χ0n) is 12.5. The van der Waals surface area contributed by atoms with Gasteiger partial charge in [0.15, 0.2) is 0 Å². The molecule has 7 heteroatoms. The third kappa shape index (κ3) is 3.24. The second-order valence-corrected chi connectivity index (χ2v) is 5.46. The number of rotatable bonds is 3. The van der Waals surface area contributed by atoms with Gasteiger partial charge in [0.25, 0.3) is 5.56 Å². The van der Waals surface area contributed by atoms with Crippen molar-refractivity contribution in [3.05, 3.63) is 69.0 Å². The van der Waals surface area contributed by atoms with Crippen molar-refractivity contribution in [2.24, 2.45) is 5.92 Å². The van der Waals surface area contributed by atoms with E-state index in [2.05, 4.69) is 4.98 Å². The van der Waals surface area contributed by atoms with Crippen LogP contribution in [0.3, 0.4) is 0 Å². The third-order valence-electron chi connectivity index (χ3n) is 3.72. The predicted octanol–water partition coefficient (Wildman–Crippen LogP) is 1.27. The predicted molar refractivity (Wildman–Crippen MR) is 80.9 cm³/mol. The van der Waals surface area contributed by atoms with Gasteiger partial charge in [-0.2, -0.15) is 0 Å². The Morgan fingerprint density at radius 1 is 1.26 bits per heavy atom. The Bertz CT molecular complexity index is 811. The Morgan fingerprint density at radius 2 is 2.00 bits per heavy atom. The van der Waals surface area contributed by atoms with E-state index < -0.39 is 29.7 Å². The van der Waals surface area contributed by atoms with Crippen molar-refractivity contribution in [2.45, 2.75) is 25.9 Å². The summed E-state index contributed by atoms with van der Waals surface area (Å²) in [7, 11) is 0. The van der Waals surface area contributed by atoms with Crippen LogP contribution in [0.1, 0.15) is 29.9 Å². The van der Waals surface area contributed by atoms with Gasteiger partial charge in [0.2, 0.25) is 6.29 Å². The number of H-pyrrole nitrogens is 1. The molecule has 1 aromatic heterocycles. The number of carbonyl (C=O) groups is 1. The van der Waals surface area contributed by atoms with Crippen molar-refractivity contribution in [3.63, 3.8) is 0 Å². The van der Waals surface area contributed by atoms with Gasteiger partial charge in [0.1, 0.15) is 6.23 Å². The SMILES string of the molecule is C[C@H]1C[C@@H](OC(=O)c2ccccc2)O[C@H]1n1ccc(=O)[nH]c1=O. The fourth-order valence-corrected chi connectivity index (χ4v) is 2.57. The van der Waals surface area contributed by atoms with E-state index in [9.17, 15) is 14.4 Å². The highest BCUT2D eigenvalue weighted by Gasteiger charge is 2.36. The molecule has 1 aromatic carbocycles. The fourth-order valence-electron chi connectivity index (χ4n) is 2.57. The van der Waals surface area contributed by atoms with Crippen LogP contribution < -0.4 is 11.2 Å². The molecule has 0 bridgehead atoms. The van der Waals surface area contributed by atoms with Gasteiger partial charge in [-0.25, -0.2) is 9.59 Å². The van der Waals surface area contributed by atoms with Gasteiger partial charge in [-0.05, 0) is 12.1 Å². The molecule has 0 spiro atoms. The second kappa shape index (κ2) is 6.21. The average molecular weight is 316 g/mol. The van der Waals surface area contributed by atoms with Gasteiger partial charge in [-0.3, -0.25) is 14.3 Å². The number of ether oxygens (including phenoxy) is 2. The molecule has 1 saturated heterocycles. The second-order valence-electron chi connectivity index (χ2n) is 5.46. The number of nitrogens with zero attached hydrogens (tertiary/aromatic N) is 1. The maximum absolute atomic E-state index is 12.0. The molecule has 0 aliphatic carbocycles. The normalized spacial score (nSPS) is 23.6. The minimum absolute atomic E-state index is 0.0489. The smallest absolute Gasteiger partial charge is 0.340 e. The summed E-state index contributed by atoms with van der Waals surface area (Å²) >= 11 is 0. The molecule has 1 N–H and O–H groups in total. The minimum Gasteiger partial charge on any atom is -0.432 e. The first-order chi connectivity index (χ1) is 11.0. The highest BCUT2D eigenvalue weighted by Crippen LogP contribution is 2.33. The average Bonchev–Trinajstić information content (AvgIpc) is 2.88. The zero-order chi connectivity index (χ0) is 16.4. The topological polar surface area (TPSA) is 90.4 Å². The van der Waals surface area contributed by atoms with Gasteiger partial charge in [0.05, 0.1) is 5.56 Å². The van der Waals surface area contributed by atoms with Crippen molar-refractivity contribution in [3.8, 4) is 0 Å². The van der Waals surface area contributed by atoms with Crippen LogP contribution in [0.4, 0.5) is 0 Å². The van der Waals surface area contributed by atoms with Gasteiger partial charge in [0, 0.05) is 24.6 Å². The quantitative estimate of drug-likeness (QED) is 0.861. The molecule has 3 atom stereocenters. The Balaban J connectivity index is 1.72. The standard InChI is InChI=1S/C16H16N2O5/c1-10-9-13(23-15(20)11-5-3-2-4-6-11)22-14(10)18-8-7-12(19)17-16(18)21/h2-8,10,13-14H,9H2,1H3,(H,17,19,21)/t10-,13+,14+/m0/s1. The summed E-state index contributed by atoms with van der Waals surface area (Å²) in [6.07, 6.45) is 0.521. The first-order valence-corrected chi connectivity index (χ1v) is 7.27. The highest BCUT2D eigenvalue weighted by molar-refractivity contribution is 5.89. The van der Waals surface area contributed by atoms with E-state index in [-0.39, 0.29) is 5.92 Å². The molecule has 7 nitrogen and oxygen atoms in total. The number of nitrogens with one attached hydrogen (secondary N) is 1. The van der Waals surface area contributed by atoms with Crippen LogP contribution in [0.15, 0.2) is 52.2 Å². The van der Waals surface area contributed by atoms with Crippen molar-refractivity contribution in [1.82, 2.24) is 9.55 Å². The minimum atomic E-state index is -0.735. The maximum Gasteiger partial charge on any atom is 0.340 e. The van der Waals surface area contributed by atoms with Crippen LogP contribution in [-0.4, -0.2) is 21.8 Å². The van der Waals surface area contributed by atoms with Crippen LogP contribution in [0.2, 0.25) is 0 Å². The molecule has 1 fully saturated rings. The largest absolute Gasteiger partial charge is 0.432 e. The lowest BCUT2D eigenvalue weighted by Gasteiger charge is -2.17. The van der Waals surface area contributed by atoms with Crippen LogP contribution in [0, 0.1) is 5.92 Å². The van der Waals surface area contributed by atoms with Crippen molar-refractivity contribution < 1.29 is 14.3 Å². The Labute approximate surface area is 131 Å². The molecule has 0 unspecified atom stereocenters. The molecule has 1 aliphatic rings. The molecule has 0 saturated carbocycles. The van der Waals surface area contributed by atoms with Gasteiger partial charge in [-0.15, -0.1) is 0 Å². The Kier molecular flexibility index (Phi) is 4.12. The molecular weight excluding hydrogens is 300 g/mol. The van der Waals surface area contributed by atoms with Crippen LogP contribution >= 0.6 is 0 Å². The molecule has 2 heterocycles. The molecule has 0 radical (unpaired) electrons. The number of aromatic nitrogens is 2. The first-order valence-electron chi connectivity index (χ1n) is 7.27. The van der Waals surface area contributed by atoms with E-state index in [1.54, 1.807) is 24.3 Å². The lowest BCUT2D eigenvalue weighted by atomic mass is 10.1. The molecule has 2 aromatic rings. The number of aromatic amines is 1. The lowest BCUT2D eigenvalue weighted by Crippen LogP contribution is -2.33. The number of esters is 1. The summed E-state index contributed by atoms with van der Waals surface area (Å²) in [4.78, 5) is 37.2. The van der Waals surface area contributed by atoms with Crippen molar-refractivity contribution in [1.29, 1.82) is 0 Å². The summed E-state index contributed by atoms with van der Waals surface area (Å²) in [6, 6.07) is 9.87.